The Labute approximate surface area is 183 Å². The lowest BCUT2D eigenvalue weighted by Crippen LogP contribution is -2.19. The number of nitrogens with two attached hydrogens (primary N) is 2. The van der Waals surface area contributed by atoms with E-state index in [0.717, 1.165) is 37.7 Å². The van der Waals surface area contributed by atoms with Crippen LogP contribution in [0.5, 0.6) is 23.0 Å². The summed E-state index contributed by atoms with van der Waals surface area (Å²) < 4.78 is 23.0. The Morgan fingerprint density at radius 1 is 1.13 bits per heavy atom. The number of aromatic hydroxyl groups is 2. The third-order valence-electron chi connectivity index (χ3n) is 5.86. The van der Waals surface area contributed by atoms with Crippen molar-refractivity contribution in [3.05, 3.63) is 47.5 Å². The fourth-order valence-electron chi connectivity index (χ4n) is 4.34. The first-order chi connectivity index (χ1) is 14.7. The summed E-state index contributed by atoms with van der Waals surface area (Å²) in [6.07, 6.45) is 4.85. The second-order valence-corrected chi connectivity index (χ2v) is 10.4. The van der Waals surface area contributed by atoms with Gasteiger partial charge in [0.15, 0.2) is 11.5 Å². The van der Waals surface area contributed by atoms with Crippen LogP contribution in [0.4, 0.5) is 0 Å². The number of hydrogen-bond acceptors (Lipinski definition) is 6. The topological polar surface area (TPSA) is 128 Å². The van der Waals surface area contributed by atoms with Crippen molar-refractivity contribution in [1.82, 2.24) is 0 Å². The first kappa shape index (κ1) is 23.5. The first-order valence-electron chi connectivity index (χ1n) is 10.8. The number of phenols is 2. The maximum atomic E-state index is 11.7. The molecule has 2 aromatic carbocycles. The largest absolute Gasteiger partial charge is 0.502 e. The van der Waals surface area contributed by atoms with Gasteiger partial charge in [0.25, 0.3) is 0 Å². The predicted octanol–water partition coefficient (Wildman–Crippen LogP) is 4.71. The Morgan fingerprint density at radius 2 is 1.81 bits per heavy atom. The van der Waals surface area contributed by atoms with Gasteiger partial charge < -0.3 is 25.2 Å². The lowest BCUT2D eigenvalue weighted by atomic mass is 9.90. The zero-order valence-electron chi connectivity index (χ0n) is 18.2. The van der Waals surface area contributed by atoms with E-state index < -0.39 is 19.0 Å². The standard InChI is InChI=1S/C23H33N2O5P/c1-3-6-15(14-24)9-10-17-13-16-7-4-5-8-18(16)23(17)29-19-11-12-20(22(27)21(19)26)30-31(2,25)28/h4-5,7-8,11-12,15,17,23,26-27H,3,6,9-10,13-14,24H2,1-2H3,(H2,25,28)/t15?,17-,23?,31?/m1/s1. The SMILES string of the molecule is CCCC(CN)CC[C@@H]1Cc2ccccc2C1Oc1ccc(OP(C)(N)=O)c(O)c1O. The van der Waals surface area contributed by atoms with E-state index in [4.69, 9.17) is 20.5 Å². The Morgan fingerprint density at radius 3 is 2.48 bits per heavy atom. The Balaban J connectivity index is 1.82. The van der Waals surface area contributed by atoms with E-state index in [9.17, 15) is 14.8 Å². The molecular formula is C23H33N2O5P. The quantitative estimate of drug-likeness (QED) is 0.306. The molecule has 3 rings (SSSR count). The third kappa shape index (κ3) is 5.73. The van der Waals surface area contributed by atoms with Gasteiger partial charge in [-0.25, -0.2) is 5.50 Å². The van der Waals surface area contributed by atoms with Gasteiger partial charge in [0.05, 0.1) is 0 Å². The van der Waals surface area contributed by atoms with Crippen LogP contribution >= 0.6 is 7.52 Å². The van der Waals surface area contributed by atoms with Crippen LogP contribution in [0.25, 0.3) is 0 Å². The van der Waals surface area contributed by atoms with Crippen molar-refractivity contribution in [3.8, 4) is 23.0 Å². The molecule has 0 saturated carbocycles. The van der Waals surface area contributed by atoms with Gasteiger partial charge in [-0.1, -0.05) is 37.6 Å². The van der Waals surface area contributed by atoms with E-state index in [1.807, 2.05) is 18.2 Å². The predicted molar refractivity (Wildman–Crippen MR) is 122 cm³/mol. The average molecular weight is 449 g/mol. The van der Waals surface area contributed by atoms with Crippen molar-refractivity contribution < 1.29 is 24.0 Å². The second kappa shape index (κ2) is 9.94. The molecular weight excluding hydrogens is 415 g/mol. The molecule has 6 N–H and O–H groups in total. The lowest BCUT2D eigenvalue weighted by Gasteiger charge is -2.25. The van der Waals surface area contributed by atoms with Crippen LogP contribution in [0.2, 0.25) is 0 Å². The number of fused-ring (bicyclic) bond motifs is 1. The summed E-state index contributed by atoms with van der Waals surface area (Å²) in [7, 11) is -3.38. The molecule has 8 heteroatoms. The Hall–Kier alpha value is -2.21. The maximum absolute atomic E-state index is 11.7. The van der Waals surface area contributed by atoms with E-state index in [-0.39, 0.29) is 23.5 Å². The molecule has 0 fully saturated rings. The molecule has 0 amide bonds. The van der Waals surface area contributed by atoms with Crippen LogP contribution in [0.3, 0.4) is 0 Å². The van der Waals surface area contributed by atoms with Crippen LogP contribution < -0.4 is 20.5 Å². The van der Waals surface area contributed by atoms with Crippen LogP contribution in [0, 0.1) is 11.8 Å². The molecule has 1 aliphatic rings. The summed E-state index contributed by atoms with van der Waals surface area (Å²) in [4.78, 5) is 0. The van der Waals surface area contributed by atoms with Gasteiger partial charge in [-0.15, -0.1) is 0 Å². The Kier molecular flexibility index (Phi) is 7.52. The van der Waals surface area contributed by atoms with E-state index in [1.54, 1.807) is 0 Å². The fourth-order valence-corrected chi connectivity index (χ4v) is 4.87. The molecule has 170 valence electrons. The summed E-state index contributed by atoms with van der Waals surface area (Å²) >= 11 is 0. The third-order valence-corrected chi connectivity index (χ3v) is 6.42. The van der Waals surface area contributed by atoms with Gasteiger partial charge in [0.1, 0.15) is 6.10 Å². The number of benzene rings is 2. The molecule has 3 unspecified atom stereocenters. The minimum absolute atomic E-state index is 0.142. The monoisotopic (exact) mass is 448 g/mol. The summed E-state index contributed by atoms with van der Waals surface area (Å²) in [6, 6.07) is 11.0. The second-order valence-electron chi connectivity index (χ2n) is 8.43. The average Bonchev–Trinajstić information content (AvgIpc) is 3.07. The fraction of sp³-hybridized carbons (Fsp3) is 0.478. The molecule has 0 radical (unpaired) electrons. The Bertz CT molecular complexity index is 946. The number of phenolic OH excluding ortho intramolecular Hbond substituents is 2. The number of rotatable bonds is 10. The van der Waals surface area contributed by atoms with E-state index in [0.29, 0.717) is 12.5 Å². The van der Waals surface area contributed by atoms with Crippen molar-refractivity contribution in [2.24, 2.45) is 23.1 Å². The molecule has 0 aromatic heterocycles. The van der Waals surface area contributed by atoms with Crippen LogP contribution in [-0.4, -0.2) is 23.4 Å². The zero-order chi connectivity index (χ0) is 22.6. The van der Waals surface area contributed by atoms with Gasteiger partial charge in [-0.3, -0.25) is 4.57 Å². The minimum Gasteiger partial charge on any atom is -0.502 e. The summed E-state index contributed by atoms with van der Waals surface area (Å²) in [5.74, 6) is -0.279. The van der Waals surface area contributed by atoms with Gasteiger partial charge in [0, 0.05) is 12.6 Å². The number of hydrogen-bond donors (Lipinski definition) is 4. The van der Waals surface area contributed by atoms with Crippen LogP contribution in [0.1, 0.15) is 49.8 Å². The molecule has 1 aliphatic carbocycles. The summed E-state index contributed by atoms with van der Waals surface area (Å²) in [5, 5.41) is 20.8. The molecule has 0 saturated heterocycles. The normalized spacial score (nSPS) is 20.6. The highest BCUT2D eigenvalue weighted by Gasteiger charge is 2.35. The molecule has 4 atom stereocenters. The molecule has 0 aliphatic heterocycles. The highest BCUT2D eigenvalue weighted by molar-refractivity contribution is 7.56. The molecule has 0 heterocycles. The smallest absolute Gasteiger partial charge is 0.311 e. The molecule has 0 spiro atoms. The molecule has 0 bridgehead atoms. The van der Waals surface area contributed by atoms with Crippen molar-refractivity contribution in [1.29, 1.82) is 0 Å². The molecule has 2 aromatic rings. The van der Waals surface area contributed by atoms with Crippen molar-refractivity contribution in [2.45, 2.75) is 45.1 Å². The molecule has 7 nitrogen and oxygen atoms in total. The maximum Gasteiger partial charge on any atom is 0.311 e. The first-order valence-corrected chi connectivity index (χ1v) is 12.9. The highest BCUT2D eigenvalue weighted by Crippen LogP contribution is 2.50. The lowest BCUT2D eigenvalue weighted by molar-refractivity contribution is 0.133. The van der Waals surface area contributed by atoms with Gasteiger partial charge >= 0.3 is 7.52 Å². The molecule has 31 heavy (non-hydrogen) atoms. The van der Waals surface area contributed by atoms with Gasteiger partial charge in [-0.2, -0.15) is 0 Å². The highest BCUT2D eigenvalue weighted by atomic mass is 31.2. The van der Waals surface area contributed by atoms with E-state index in [2.05, 4.69) is 13.0 Å². The van der Waals surface area contributed by atoms with Crippen molar-refractivity contribution in [3.63, 3.8) is 0 Å². The van der Waals surface area contributed by atoms with Gasteiger partial charge in [0.2, 0.25) is 11.5 Å². The van der Waals surface area contributed by atoms with E-state index in [1.165, 1.54) is 24.4 Å². The summed E-state index contributed by atoms with van der Waals surface area (Å²) in [5.41, 5.74) is 13.7. The van der Waals surface area contributed by atoms with Crippen LogP contribution in [-0.2, 0) is 11.0 Å². The van der Waals surface area contributed by atoms with E-state index >= 15 is 0 Å². The number of ether oxygens (including phenoxy) is 1. The summed E-state index contributed by atoms with van der Waals surface area (Å²) in [6.45, 7) is 4.07. The van der Waals surface area contributed by atoms with Crippen LogP contribution in [0.15, 0.2) is 36.4 Å². The van der Waals surface area contributed by atoms with Crippen molar-refractivity contribution in [2.75, 3.05) is 13.2 Å². The van der Waals surface area contributed by atoms with Crippen molar-refractivity contribution >= 4 is 7.52 Å². The zero-order valence-corrected chi connectivity index (χ0v) is 19.1. The van der Waals surface area contributed by atoms with Gasteiger partial charge in [-0.05, 0) is 61.4 Å². The minimum atomic E-state index is -3.38.